The maximum atomic E-state index is 14.2. The standard InChI is InChI=1S/C32H34N2O2S/c1-3-25(2)34(32(36)31(27-16-9-5-10-17-27)28-18-11-6-12-19-28)24-30(35)33(23-29-20-13-21-37-29)22-26-14-7-4-8-15-26/h4-21,25,31H,3,22-24H2,1-2H3. The third-order valence-corrected chi connectivity index (χ3v) is 7.58. The third-order valence-electron chi connectivity index (χ3n) is 6.72. The van der Waals surface area contributed by atoms with Crippen LogP contribution in [0.5, 0.6) is 0 Å². The molecule has 4 nitrogen and oxygen atoms in total. The molecule has 1 aromatic heterocycles. The van der Waals surface area contributed by atoms with Gasteiger partial charge < -0.3 is 9.80 Å². The predicted octanol–water partition coefficient (Wildman–Crippen LogP) is 6.74. The van der Waals surface area contributed by atoms with Crippen LogP contribution in [0, 0.1) is 0 Å². The van der Waals surface area contributed by atoms with Gasteiger partial charge in [-0.2, -0.15) is 0 Å². The van der Waals surface area contributed by atoms with Gasteiger partial charge in [0.15, 0.2) is 0 Å². The largest absolute Gasteiger partial charge is 0.332 e. The molecular weight excluding hydrogens is 476 g/mol. The third kappa shape index (κ3) is 6.95. The normalized spacial score (nSPS) is 11.8. The predicted molar refractivity (Wildman–Crippen MR) is 151 cm³/mol. The summed E-state index contributed by atoms with van der Waals surface area (Å²) < 4.78 is 0. The molecule has 2 amide bonds. The summed E-state index contributed by atoms with van der Waals surface area (Å²) in [5.41, 5.74) is 2.93. The van der Waals surface area contributed by atoms with Gasteiger partial charge >= 0.3 is 0 Å². The molecule has 190 valence electrons. The fourth-order valence-electron chi connectivity index (χ4n) is 4.48. The van der Waals surface area contributed by atoms with Crippen LogP contribution in [-0.2, 0) is 22.7 Å². The van der Waals surface area contributed by atoms with Crippen LogP contribution in [0.4, 0.5) is 0 Å². The molecule has 4 aromatic rings. The van der Waals surface area contributed by atoms with Gasteiger partial charge in [0.1, 0.15) is 6.54 Å². The minimum Gasteiger partial charge on any atom is -0.332 e. The number of hydrogen-bond acceptors (Lipinski definition) is 3. The summed E-state index contributed by atoms with van der Waals surface area (Å²) in [6.45, 7) is 5.15. The van der Waals surface area contributed by atoms with E-state index in [1.165, 1.54) is 0 Å². The van der Waals surface area contributed by atoms with E-state index in [1.54, 1.807) is 16.2 Å². The molecule has 0 radical (unpaired) electrons. The number of carbonyl (C=O) groups excluding carboxylic acids is 2. The Kier molecular flexibility index (Phi) is 9.28. The van der Waals surface area contributed by atoms with Gasteiger partial charge in [-0.25, -0.2) is 0 Å². The molecule has 0 fully saturated rings. The Labute approximate surface area is 224 Å². The summed E-state index contributed by atoms with van der Waals surface area (Å²) in [5, 5.41) is 2.03. The van der Waals surface area contributed by atoms with E-state index in [1.807, 2.05) is 120 Å². The smallest absolute Gasteiger partial charge is 0.242 e. The van der Waals surface area contributed by atoms with E-state index < -0.39 is 5.92 Å². The molecule has 0 N–H and O–H groups in total. The van der Waals surface area contributed by atoms with Crippen molar-refractivity contribution in [3.63, 3.8) is 0 Å². The highest BCUT2D eigenvalue weighted by Crippen LogP contribution is 2.28. The van der Waals surface area contributed by atoms with Gasteiger partial charge in [0.05, 0.1) is 12.5 Å². The van der Waals surface area contributed by atoms with Crippen LogP contribution < -0.4 is 0 Å². The van der Waals surface area contributed by atoms with Crippen LogP contribution in [0.2, 0.25) is 0 Å². The molecule has 5 heteroatoms. The monoisotopic (exact) mass is 510 g/mol. The highest BCUT2D eigenvalue weighted by molar-refractivity contribution is 7.09. The number of amides is 2. The van der Waals surface area contributed by atoms with E-state index in [0.29, 0.717) is 13.1 Å². The quantitative estimate of drug-likeness (QED) is 0.224. The second-order valence-corrected chi connectivity index (χ2v) is 10.3. The average Bonchev–Trinajstić information content (AvgIpc) is 3.46. The first-order valence-corrected chi connectivity index (χ1v) is 13.7. The summed E-state index contributed by atoms with van der Waals surface area (Å²) in [4.78, 5) is 32.8. The Morgan fingerprint density at radius 3 is 1.84 bits per heavy atom. The molecule has 3 aromatic carbocycles. The Morgan fingerprint density at radius 2 is 1.32 bits per heavy atom. The topological polar surface area (TPSA) is 40.6 Å². The summed E-state index contributed by atoms with van der Waals surface area (Å²) in [6.07, 6.45) is 0.763. The van der Waals surface area contributed by atoms with Crippen molar-refractivity contribution in [2.45, 2.75) is 45.3 Å². The second-order valence-electron chi connectivity index (χ2n) is 9.29. The zero-order valence-corrected chi connectivity index (χ0v) is 22.3. The number of hydrogen-bond donors (Lipinski definition) is 0. The lowest BCUT2D eigenvalue weighted by Gasteiger charge is -2.34. The van der Waals surface area contributed by atoms with Crippen LogP contribution in [-0.4, -0.2) is 34.2 Å². The Bertz CT molecular complexity index is 1200. The SMILES string of the molecule is CCC(C)N(CC(=O)N(Cc1ccccc1)Cc1cccs1)C(=O)C(c1ccccc1)c1ccccc1. The molecule has 0 saturated carbocycles. The molecule has 4 rings (SSSR count). The average molecular weight is 511 g/mol. The van der Waals surface area contributed by atoms with Crippen LogP contribution >= 0.6 is 11.3 Å². The van der Waals surface area contributed by atoms with Gasteiger partial charge in [0.2, 0.25) is 11.8 Å². The summed E-state index contributed by atoms with van der Waals surface area (Å²) in [7, 11) is 0. The van der Waals surface area contributed by atoms with E-state index >= 15 is 0 Å². The molecule has 37 heavy (non-hydrogen) atoms. The van der Waals surface area contributed by atoms with E-state index in [4.69, 9.17) is 0 Å². The number of carbonyl (C=O) groups is 2. The van der Waals surface area contributed by atoms with Crippen LogP contribution in [0.1, 0.15) is 47.8 Å². The molecular formula is C32H34N2O2S. The van der Waals surface area contributed by atoms with Crippen molar-refractivity contribution in [2.75, 3.05) is 6.54 Å². The zero-order chi connectivity index (χ0) is 26.0. The van der Waals surface area contributed by atoms with E-state index in [9.17, 15) is 9.59 Å². The maximum absolute atomic E-state index is 14.2. The van der Waals surface area contributed by atoms with Crippen molar-refractivity contribution >= 4 is 23.2 Å². The molecule has 1 heterocycles. The molecule has 0 bridgehead atoms. The van der Waals surface area contributed by atoms with Crippen molar-refractivity contribution in [1.29, 1.82) is 0 Å². The van der Waals surface area contributed by atoms with Crippen LogP contribution in [0.15, 0.2) is 109 Å². The van der Waals surface area contributed by atoms with Gasteiger partial charge in [-0.3, -0.25) is 9.59 Å². The summed E-state index contributed by atoms with van der Waals surface area (Å²) in [5.74, 6) is -0.564. The fourth-order valence-corrected chi connectivity index (χ4v) is 5.20. The lowest BCUT2D eigenvalue weighted by Crippen LogP contribution is -2.48. The molecule has 0 aliphatic carbocycles. The van der Waals surface area contributed by atoms with Crippen molar-refractivity contribution < 1.29 is 9.59 Å². The van der Waals surface area contributed by atoms with Gasteiger partial charge in [0, 0.05) is 17.5 Å². The number of nitrogens with zero attached hydrogens (tertiary/aromatic N) is 2. The molecule has 0 aliphatic rings. The minimum absolute atomic E-state index is 0.0439. The zero-order valence-electron chi connectivity index (χ0n) is 21.5. The van der Waals surface area contributed by atoms with Gasteiger partial charge in [0.25, 0.3) is 0 Å². The molecule has 0 spiro atoms. The first-order chi connectivity index (χ1) is 18.1. The highest BCUT2D eigenvalue weighted by Gasteiger charge is 2.32. The fraction of sp³-hybridized carbons (Fsp3) is 0.250. The van der Waals surface area contributed by atoms with Gasteiger partial charge in [-0.05, 0) is 41.5 Å². The van der Waals surface area contributed by atoms with Gasteiger partial charge in [-0.15, -0.1) is 11.3 Å². The molecule has 1 atom stereocenters. The number of rotatable bonds is 11. The minimum atomic E-state index is -0.468. The maximum Gasteiger partial charge on any atom is 0.242 e. The Hall–Kier alpha value is -3.70. The summed E-state index contributed by atoms with van der Waals surface area (Å²) >= 11 is 1.64. The van der Waals surface area contributed by atoms with Crippen molar-refractivity contribution in [3.8, 4) is 0 Å². The highest BCUT2D eigenvalue weighted by atomic mass is 32.1. The summed E-state index contributed by atoms with van der Waals surface area (Å²) in [6, 6.07) is 33.7. The van der Waals surface area contributed by atoms with Crippen molar-refractivity contribution in [3.05, 3.63) is 130 Å². The number of thiophene rings is 1. The second kappa shape index (κ2) is 13.0. The number of benzene rings is 3. The lowest BCUT2D eigenvalue weighted by atomic mass is 9.89. The van der Waals surface area contributed by atoms with E-state index in [0.717, 1.165) is 28.0 Å². The first kappa shape index (κ1) is 26.4. The van der Waals surface area contributed by atoms with Crippen molar-refractivity contribution in [1.82, 2.24) is 9.80 Å². The van der Waals surface area contributed by atoms with Crippen molar-refractivity contribution in [2.24, 2.45) is 0 Å². The van der Waals surface area contributed by atoms with Crippen LogP contribution in [0.25, 0.3) is 0 Å². The molecule has 0 aliphatic heterocycles. The Morgan fingerprint density at radius 1 is 0.757 bits per heavy atom. The lowest BCUT2D eigenvalue weighted by molar-refractivity contribution is -0.143. The first-order valence-electron chi connectivity index (χ1n) is 12.8. The van der Waals surface area contributed by atoms with Gasteiger partial charge in [-0.1, -0.05) is 104 Å². The Balaban J connectivity index is 1.63. The van der Waals surface area contributed by atoms with E-state index in [-0.39, 0.29) is 24.4 Å². The van der Waals surface area contributed by atoms with E-state index in [2.05, 4.69) is 6.92 Å². The molecule has 0 saturated heterocycles. The van der Waals surface area contributed by atoms with Crippen LogP contribution in [0.3, 0.4) is 0 Å². The molecule has 1 unspecified atom stereocenters.